The average Bonchev–Trinajstić information content (AvgIpc) is 3.60. The second kappa shape index (κ2) is 9.18. The molecule has 0 spiro atoms. The zero-order valence-electron chi connectivity index (χ0n) is 19.7. The first-order valence-corrected chi connectivity index (χ1v) is 12.2. The van der Waals surface area contributed by atoms with E-state index in [1.807, 2.05) is 41.3 Å². The summed E-state index contributed by atoms with van der Waals surface area (Å²) < 4.78 is 0. The number of likely N-dealkylation sites (N-methyl/N-ethyl adjacent to an activating group) is 1. The molecule has 1 saturated carbocycles. The van der Waals surface area contributed by atoms with Crippen LogP contribution in [0.1, 0.15) is 48.1 Å². The van der Waals surface area contributed by atoms with Gasteiger partial charge in [0.25, 0.3) is 5.91 Å². The third-order valence-electron chi connectivity index (χ3n) is 7.24. The summed E-state index contributed by atoms with van der Waals surface area (Å²) in [6.45, 7) is 6.51. The maximum atomic E-state index is 14.0. The van der Waals surface area contributed by atoms with Crippen molar-refractivity contribution in [2.24, 2.45) is 11.8 Å². The third-order valence-corrected chi connectivity index (χ3v) is 7.24. The van der Waals surface area contributed by atoms with E-state index in [4.69, 9.17) is 0 Å². The van der Waals surface area contributed by atoms with Gasteiger partial charge in [0, 0.05) is 44.3 Å². The van der Waals surface area contributed by atoms with Gasteiger partial charge in [0.05, 0.1) is 17.3 Å². The summed E-state index contributed by atoms with van der Waals surface area (Å²) in [4.78, 5) is 33.0. The second-order valence-corrected chi connectivity index (χ2v) is 10.0. The number of rotatable bonds is 5. The number of benzene rings is 2. The Bertz CT molecular complexity index is 1020. The van der Waals surface area contributed by atoms with E-state index >= 15 is 0 Å². The zero-order chi connectivity index (χ0) is 22.9. The monoisotopic (exact) mass is 446 g/mol. The molecule has 2 aromatic carbocycles. The van der Waals surface area contributed by atoms with Gasteiger partial charge in [0.1, 0.15) is 0 Å². The molecule has 2 atom stereocenters. The lowest BCUT2D eigenvalue weighted by Gasteiger charge is -2.41. The molecule has 0 bridgehead atoms. The molecule has 174 valence electrons. The van der Waals surface area contributed by atoms with Crippen LogP contribution in [0.5, 0.6) is 0 Å². The Morgan fingerprint density at radius 3 is 2.42 bits per heavy atom. The molecule has 6 heteroatoms. The van der Waals surface area contributed by atoms with Crippen molar-refractivity contribution in [3.8, 4) is 0 Å². The molecule has 1 N–H and O–H groups in total. The van der Waals surface area contributed by atoms with E-state index in [2.05, 4.69) is 41.2 Å². The summed E-state index contributed by atoms with van der Waals surface area (Å²) in [5.74, 6) is 0.918. The molecule has 0 radical (unpaired) electrons. The van der Waals surface area contributed by atoms with E-state index in [-0.39, 0.29) is 23.8 Å². The first-order valence-electron chi connectivity index (χ1n) is 12.2. The lowest BCUT2D eigenvalue weighted by Crippen LogP contribution is -2.49. The van der Waals surface area contributed by atoms with Gasteiger partial charge in [-0.2, -0.15) is 0 Å². The van der Waals surface area contributed by atoms with Crippen molar-refractivity contribution in [1.82, 2.24) is 9.80 Å². The van der Waals surface area contributed by atoms with Crippen LogP contribution in [-0.4, -0.2) is 61.4 Å². The van der Waals surface area contributed by atoms with Gasteiger partial charge in [-0.25, -0.2) is 0 Å². The second-order valence-electron chi connectivity index (χ2n) is 10.0. The van der Waals surface area contributed by atoms with Crippen molar-refractivity contribution in [2.45, 2.75) is 32.2 Å². The van der Waals surface area contributed by atoms with E-state index in [1.165, 1.54) is 5.56 Å². The minimum absolute atomic E-state index is 0.0250. The van der Waals surface area contributed by atoms with Crippen LogP contribution in [0, 0.1) is 11.8 Å². The summed E-state index contributed by atoms with van der Waals surface area (Å²) >= 11 is 0. The highest BCUT2D eigenvalue weighted by Gasteiger charge is 2.34. The molecular formula is C27H34N4O2. The van der Waals surface area contributed by atoms with Crippen LogP contribution < -0.4 is 10.2 Å². The zero-order valence-corrected chi connectivity index (χ0v) is 19.7. The van der Waals surface area contributed by atoms with Crippen molar-refractivity contribution < 1.29 is 9.59 Å². The van der Waals surface area contributed by atoms with Crippen LogP contribution in [0.25, 0.3) is 0 Å². The van der Waals surface area contributed by atoms with Crippen LogP contribution in [0.2, 0.25) is 0 Å². The Morgan fingerprint density at radius 1 is 0.939 bits per heavy atom. The third kappa shape index (κ3) is 4.76. The van der Waals surface area contributed by atoms with Gasteiger partial charge < -0.3 is 20.0 Å². The van der Waals surface area contributed by atoms with Crippen molar-refractivity contribution in [1.29, 1.82) is 0 Å². The lowest BCUT2D eigenvalue weighted by molar-refractivity contribution is -0.117. The summed E-state index contributed by atoms with van der Waals surface area (Å²) in [6.07, 6.45) is 3.07. The Labute approximate surface area is 196 Å². The highest BCUT2D eigenvalue weighted by Crippen LogP contribution is 2.35. The maximum absolute atomic E-state index is 14.0. The van der Waals surface area contributed by atoms with Crippen LogP contribution in [0.15, 0.2) is 48.5 Å². The fourth-order valence-corrected chi connectivity index (χ4v) is 5.07. The number of hydrogen-bond acceptors (Lipinski definition) is 4. The number of carbonyl (C=O) groups excluding carboxylic acids is 2. The van der Waals surface area contributed by atoms with E-state index in [0.29, 0.717) is 12.5 Å². The summed E-state index contributed by atoms with van der Waals surface area (Å²) in [6, 6.07) is 16.2. The van der Waals surface area contributed by atoms with Gasteiger partial charge in [-0.05, 0) is 56.0 Å². The average molecular weight is 447 g/mol. The van der Waals surface area contributed by atoms with E-state index in [0.717, 1.165) is 62.4 Å². The fraction of sp³-hybridized carbons (Fsp3) is 0.481. The first-order chi connectivity index (χ1) is 16.0. The highest BCUT2D eigenvalue weighted by molar-refractivity contribution is 6.02. The number of carbonyl (C=O) groups is 2. The van der Waals surface area contributed by atoms with E-state index in [9.17, 15) is 9.59 Å². The predicted molar refractivity (Wildman–Crippen MR) is 132 cm³/mol. The Morgan fingerprint density at radius 2 is 1.73 bits per heavy atom. The summed E-state index contributed by atoms with van der Waals surface area (Å²) in [7, 11) is 2.12. The van der Waals surface area contributed by atoms with Crippen LogP contribution in [-0.2, 0) is 4.79 Å². The number of hydrogen-bond donors (Lipinski definition) is 1. The van der Waals surface area contributed by atoms with Crippen molar-refractivity contribution in [3.63, 3.8) is 0 Å². The SMILES string of the molecule is C[C@@H]1CCN(c2cc(NC(=O)C3CC3)ccc2C(=O)N2CCN(C)C[C@H]2c2ccccc2)C1. The number of piperazine rings is 1. The molecule has 1 aliphatic carbocycles. The molecule has 3 fully saturated rings. The minimum atomic E-state index is 0.0250. The van der Waals surface area contributed by atoms with Crippen molar-refractivity contribution >= 4 is 23.2 Å². The van der Waals surface area contributed by atoms with Crippen molar-refractivity contribution in [3.05, 3.63) is 59.7 Å². The summed E-state index contributed by atoms with van der Waals surface area (Å²) in [5, 5.41) is 3.07. The Kier molecular flexibility index (Phi) is 6.11. The number of nitrogens with zero attached hydrogens (tertiary/aromatic N) is 3. The van der Waals surface area contributed by atoms with Gasteiger partial charge in [0.15, 0.2) is 0 Å². The van der Waals surface area contributed by atoms with Crippen LogP contribution in [0.4, 0.5) is 11.4 Å². The molecule has 33 heavy (non-hydrogen) atoms. The molecule has 2 saturated heterocycles. The fourth-order valence-electron chi connectivity index (χ4n) is 5.07. The van der Waals surface area contributed by atoms with Gasteiger partial charge in [-0.3, -0.25) is 9.59 Å². The van der Waals surface area contributed by atoms with Crippen LogP contribution >= 0.6 is 0 Å². The highest BCUT2D eigenvalue weighted by atomic mass is 16.2. The molecule has 2 heterocycles. The molecule has 3 aliphatic rings. The Balaban J connectivity index is 1.47. The molecule has 5 rings (SSSR count). The molecule has 0 aromatic heterocycles. The summed E-state index contributed by atoms with van der Waals surface area (Å²) in [5.41, 5.74) is 3.64. The van der Waals surface area contributed by atoms with E-state index in [1.54, 1.807) is 0 Å². The minimum Gasteiger partial charge on any atom is -0.371 e. The molecule has 2 aromatic rings. The normalized spacial score (nSPS) is 23.6. The van der Waals surface area contributed by atoms with Crippen molar-refractivity contribution in [2.75, 3.05) is 50.0 Å². The molecule has 2 amide bonds. The standard InChI is InChI=1S/C27H34N4O2/c1-19-12-13-30(17-19)24-16-22(28-26(32)21-8-9-21)10-11-23(24)27(33)31-15-14-29(2)18-25(31)20-6-4-3-5-7-20/h3-7,10-11,16,19,21,25H,8-9,12-15,17-18H2,1-2H3,(H,28,32)/t19-,25+/m1/s1. The lowest BCUT2D eigenvalue weighted by atomic mass is 10.0. The maximum Gasteiger partial charge on any atom is 0.256 e. The number of anilines is 2. The van der Waals surface area contributed by atoms with Gasteiger partial charge >= 0.3 is 0 Å². The van der Waals surface area contributed by atoms with Gasteiger partial charge in [0.2, 0.25) is 5.91 Å². The first kappa shape index (κ1) is 22.0. The number of nitrogens with one attached hydrogen (secondary N) is 1. The topological polar surface area (TPSA) is 55.9 Å². The molecule has 0 unspecified atom stereocenters. The van der Waals surface area contributed by atoms with Crippen LogP contribution in [0.3, 0.4) is 0 Å². The molecule has 6 nitrogen and oxygen atoms in total. The predicted octanol–water partition coefficient (Wildman–Crippen LogP) is 4.01. The molecular weight excluding hydrogens is 412 g/mol. The number of amides is 2. The largest absolute Gasteiger partial charge is 0.371 e. The quantitative estimate of drug-likeness (QED) is 0.754. The van der Waals surface area contributed by atoms with E-state index < -0.39 is 0 Å². The van der Waals surface area contributed by atoms with Gasteiger partial charge in [-0.15, -0.1) is 0 Å². The van der Waals surface area contributed by atoms with Gasteiger partial charge in [-0.1, -0.05) is 37.3 Å². The molecule has 2 aliphatic heterocycles. The smallest absolute Gasteiger partial charge is 0.256 e. The Hall–Kier alpha value is -2.86.